The van der Waals surface area contributed by atoms with Gasteiger partial charge in [-0.05, 0) is 53.1 Å². The SMILES string of the molecule is C=C(NCCC)c1ccc(NC(CC(C)C)c2ccc(C3=NN=C(c4ccccc4)C3)cc2)cc1. The predicted octanol–water partition coefficient (Wildman–Crippen LogP) is 7.45. The molecule has 35 heavy (non-hydrogen) atoms. The summed E-state index contributed by atoms with van der Waals surface area (Å²) in [5.74, 6) is 0.575. The number of hydrogen-bond acceptors (Lipinski definition) is 4. The average Bonchev–Trinajstić information content (AvgIpc) is 3.38. The molecule has 1 unspecified atom stereocenters. The molecule has 2 N–H and O–H groups in total. The highest BCUT2D eigenvalue weighted by molar-refractivity contribution is 6.20. The Bertz CT molecular complexity index is 1170. The van der Waals surface area contributed by atoms with Crippen LogP contribution < -0.4 is 10.6 Å². The number of benzene rings is 3. The maximum Gasteiger partial charge on any atom is 0.0763 e. The largest absolute Gasteiger partial charge is 0.385 e. The van der Waals surface area contributed by atoms with Gasteiger partial charge in [-0.15, -0.1) is 0 Å². The van der Waals surface area contributed by atoms with Gasteiger partial charge in [0.25, 0.3) is 0 Å². The Morgan fingerprint density at radius 2 is 1.49 bits per heavy atom. The van der Waals surface area contributed by atoms with E-state index in [1.807, 2.05) is 18.2 Å². The zero-order valence-electron chi connectivity index (χ0n) is 21.1. The summed E-state index contributed by atoms with van der Waals surface area (Å²) in [7, 11) is 0. The summed E-state index contributed by atoms with van der Waals surface area (Å²) in [4.78, 5) is 0. The van der Waals surface area contributed by atoms with Gasteiger partial charge in [-0.3, -0.25) is 0 Å². The van der Waals surface area contributed by atoms with Crippen LogP contribution in [0.5, 0.6) is 0 Å². The first-order valence-corrected chi connectivity index (χ1v) is 12.6. The highest BCUT2D eigenvalue weighted by Crippen LogP contribution is 2.28. The van der Waals surface area contributed by atoms with Crippen LogP contribution in [0, 0.1) is 5.92 Å². The van der Waals surface area contributed by atoms with Crippen LogP contribution in [-0.4, -0.2) is 18.0 Å². The van der Waals surface area contributed by atoms with Crippen LogP contribution in [0.2, 0.25) is 0 Å². The molecule has 1 atom stereocenters. The fourth-order valence-corrected chi connectivity index (χ4v) is 4.30. The molecule has 0 bridgehead atoms. The molecule has 4 nitrogen and oxygen atoms in total. The maximum atomic E-state index is 4.47. The van der Waals surface area contributed by atoms with Gasteiger partial charge in [-0.1, -0.05) is 94.1 Å². The Hall–Kier alpha value is -3.66. The highest BCUT2D eigenvalue weighted by atomic mass is 15.2. The standard InChI is InChI=1S/C31H36N4/c1-5-19-32-23(4)24-15-17-28(18-16-24)33-29(20-22(2)3)26-11-13-27(14-12-26)31-21-30(34-35-31)25-9-7-6-8-10-25/h6-18,22,29,32-33H,4-5,19-21H2,1-3H3. The number of hydrogen-bond donors (Lipinski definition) is 2. The smallest absolute Gasteiger partial charge is 0.0763 e. The van der Waals surface area contributed by atoms with E-state index in [0.29, 0.717) is 5.92 Å². The molecular weight excluding hydrogens is 428 g/mol. The molecule has 0 aromatic heterocycles. The Labute approximate surface area is 209 Å². The predicted molar refractivity (Wildman–Crippen MR) is 150 cm³/mol. The second-order valence-corrected chi connectivity index (χ2v) is 9.57. The van der Waals surface area contributed by atoms with E-state index in [1.165, 1.54) is 5.56 Å². The second-order valence-electron chi connectivity index (χ2n) is 9.57. The van der Waals surface area contributed by atoms with Crippen LogP contribution in [0.25, 0.3) is 5.70 Å². The average molecular weight is 465 g/mol. The van der Waals surface area contributed by atoms with Crippen molar-refractivity contribution in [1.29, 1.82) is 0 Å². The van der Waals surface area contributed by atoms with Crippen molar-refractivity contribution in [1.82, 2.24) is 5.32 Å². The topological polar surface area (TPSA) is 48.8 Å². The summed E-state index contributed by atoms with van der Waals surface area (Å²) in [5, 5.41) is 16.0. The lowest BCUT2D eigenvalue weighted by Gasteiger charge is -2.23. The Morgan fingerprint density at radius 3 is 2.09 bits per heavy atom. The number of anilines is 1. The molecule has 1 aliphatic rings. The molecule has 1 heterocycles. The van der Waals surface area contributed by atoms with Gasteiger partial charge in [0.15, 0.2) is 0 Å². The van der Waals surface area contributed by atoms with Crippen LogP contribution in [0.4, 0.5) is 5.69 Å². The van der Waals surface area contributed by atoms with E-state index in [-0.39, 0.29) is 6.04 Å². The van der Waals surface area contributed by atoms with E-state index in [2.05, 4.69) is 109 Å². The van der Waals surface area contributed by atoms with E-state index in [9.17, 15) is 0 Å². The summed E-state index contributed by atoms with van der Waals surface area (Å²) in [5.41, 5.74) is 8.83. The summed E-state index contributed by atoms with van der Waals surface area (Å²) < 4.78 is 0. The monoisotopic (exact) mass is 464 g/mol. The third-order valence-corrected chi connectivity index (χ3v) is 6.25. The molecule has 0 saturated heterocycles. The van der Waals surface area contributed by atoms with Gasteiger partial charge in [-0.2, -0.15) is 10.2 Å². The lowest BCUT2D eigenvalue weighted by molar-refractivity contribution is 0.531. The lowest BCUT2D eigenvalue weighted by Crippen LogP contribution is -2.14. The fourth-order valence-electron chi connectivity index (χ4n) is 4.30. The zero-order chi connectivity index (χ0) is 24.6. The van der Waals surface area contributed by atoms with Crippen molar-refractivity contribution >= 4 is 22.8 Å². The van der Waals surface area contributed by atoms with Crippen molar-refractivity contribution in [2.45, 2.75) is 46.1 Å². The van der Waals surface area contributed by atoms with E-state index >= 15 is 0 Å². The van der Waals surface area contributed by atoms with Crippen LogP contribution in [0.3, 0.4) is 0 Å². The van der Waals surface area contributed by atoms with Crippen LogP contribution in [0.1, 0.15) is 68.3 Å². The van der Waals surface area contributed by atoms with Gasteiger partial charge >= 0.3 is 0 Å². The number of rotatable bonds is 11. The first-order valence-electron chi connectivity index (χ1n) is 12.6. The van der Waals surface area contributed by atoms with Crippen molar-refractivity contribution in [3.05, 3.63) is 108 Å². The number of nitrogens with one attached hydrogen (secondary N) is 2. The van der Waals surface area contributed by atoms with Gasteiger partial charge in [0.2, 0.25) is 0 Å². The first-order chi connectivity index (χ1) is 17.0. The third kappa shape index (κ3) is 6.48. The van der Waals surface area contributed by atoms with Crippen LogP contribution >= 0.6 is 0 Å². The zero-order valence-corrected chi connectivity index (χ0v) is 21.1. The molecule has 4 heteroatoms. The van der Waals surface area contributed by atoms with Gasteiger partial charge in [0.05, 0.1) is 17.5 Å². The number of nitrogens with zero attached hydrogens (tertiary/aromatic N) is 2. The molecule has 0 aliphatic carbocycles. The molecule has 180 valence electrons. The quantitative estimate of drug-likeness (QED) is 0.309. The van der Waals surface area contributed by atoms with Crippen LogP contribution in [0.15, 0.2) is 95.6 Å². The summed E-state index contributed by atoms with van der Waals surface area (Å²) >= 11 is 0. The van der Waals surface area contributed by atoms with Crippen LogP contribution in [-0.2, 0) is 0 Å². The molecule has 0 fully saturated rings. The minimum Gasteiger partial charge on any atom is -0.385 e. The third-order valence-electron chi connectivity index (χ3n) is 6.25. The van der Waals surface area contributed by atoms with Crippen molar-refractivity contribution in [2.24, 2.45) is 16.1 Å². The maximum absolute atomic E-state index is 4.47. The molecule has 0 radical (unpaired) electrons. The van der Waals surface area contributed by atoms with Crippen molar-refractivity contribution < 1.29 is 0 Å². The highest BCUT2D eigenvalue weighted by Gasteiger charge is 2.18. The Kier molecular flexibility index (Phi) is 8.15. The molecule has 3 aromatic carbocycles. The fraction of sp³-hybridized carbons (Fsp3) is 0.290. The summed E-state index contributed by atoms with van der Waals surface area (Å²) in [6.45, 7) is 11.8. The van der Waals surface area contributed by atoms with Gasteiger partial charge in [0.1, 0.15) is 0 Å². The second kappa shape index (κ2) is 11.7. The normalized spacial score (nSPS) is 13.8. The van der Waals surface area contributed by atoms with Gasteiger partial charge in [0, 0.05) is 24.4 Å². The minimum atomic E-state index is 0.234. The van der Waals surface area contributed by atoms with Crippen molar-refractivity contribution in [3.63, 3.8) is 0 Å². The minimum absolute atomic E-state index is 0.234. The molecule has 0 saturated carbocycles. The molecule has 4 rings (SSSR count). The molecule has 3 aromatic rings. The Balaban J connectivity index is 1.43. The first kappa shape index (κ1) is 24.5. The Morgan fingerprint density at radius 1 is 0.857 bits per heavy atom. The molecule has 0 amide bonds. The summed E-state index contributed by atoms with van der Waals surface area (Å²) in [6, 6.07) is 27.9. The van der Waals surface area contributed by atoms with Gasteiger partial charge < -0.3 is 10.6 Å². The summed E-state index contributed by atoms with van der Waals surface area (Å²) in [6.07, 6.45) is 2.90. The van der Waals surface area contributed by atoms with Crippen molar-refractivity contribution in [2.75, 3.05) is 11.9 Å². The molecular formula is C31H36N4. The molecule has 0 spiro atoms. The van der Waals surface area contributed by atoms with E-state index in [0.717, 1.165) is 65.3 Å². The van der Waals surface area contributed by atoms with E-state index in [1.54, 1.807) is 0 Å². The van der Waals surface area contributed by atoms with E-state index < -0.39 is 0 Å². The molecule has 1 aliphatic heterocycles. The lowest BCUT2D eigenvalue weighted by atomic mass is 9.94. The van der Waals surface area contributed by atoms with Crippen molar-refractivity contribution in [3.8, 4) is 0 Å². The van der Waals surface area contributed by atoms with E-state index in [4.69, 9.17) is 0 Å². The van der Waals surface area contributed by atoms with Gasteiger partial charge in [-0.25, -0.2) is 0 Å².